The summed E-state index contributed by atoms with van der Waals surface area (Å²) in [6.07, 6.45) is 0. The lowest BCUT2D eigenvalue weighted by molar-refractivity contribution is -0.127. The second-order valence-electron chi connectivity index (χ2n) is 8.30. The van der Waals surface area contributed by atoms with Crippen LogP contribution in [-0.4, -0.2) is 55.5 Å². The van der Waals surface area contributed by atoms with Crippen LogP contribution in [0.3, 0.4) is 0 Å². The van der Waals surface area contributed by atoms with Gasteiger partial charge in [0.1, 0.15) is 6.04 Å². The summed E-state index contributed by atoms with van der Waals surface area (Å²) in [7, 11) is -0.641. The summed E-state index contributed by atoms with van der Waals surface area (Å²) in [5.41, 5.74) is 1.28. The third kappa shape index (κ3) is 4.18. The molecule has 8 nitrogen and oxygen atoms in total. The summed E-state index contributed by atoms with van der Waals surface area (Å²) < 4.78 is 25.6. The molecule has 2 aromatic carbocycles. The van der Waals surface area contributed by atoms with E-state index in [-0.39, 0.29) is 10.8 Å². The van der Waals surface area contributed by atoms with Gasteiger partial charge in [0.15, 0.2) is 0 Å². The lowest BCUT2D eigenvalue weighted by Gasteiger charge is -2.29. The Hall–Kier alpha value is -3.04. The predicted molar refractivity (Wildman–Crippen MR) is 119 cm³/mol. The number of hydrogen-bond acceptors (Lipinski definition) is 5. The molecule has 2 unspecified atom stereocenters. The maximum Gasteiger partial charge on any atom is 0.262 e. The van der Waals surface area contributed by atoms with Crippen LogP contribution in [0.25, 0.3) is 0 Å². The minimum absolute atomic E-state index is 0.149. The number of carbonyl (C=O) groups is 3. The van der Waals surface area contributed by atoms with E-state index in [1.165, 1.54) is 26.2 Å². The normalized spacial score (nSPS) is 15.8. The molecular weight excluding hydrogens is 430 g/mol. The van der Waals surface area contributed by atoms with Gasteiger partial charge in [-0.15, -0.1) is 0 Å². The Balaban J connectivity index is 1.80. The van der Waals surface area contributed by atoms with Crippen molar-refractivity contribution in [3.63, 3.8) is 0 Å². The zero-order chi connectivity index (χ0) is 23.8. The molecule has 0 fully saturated rings. The smallest absolute Gasteiger partial charge is 0.262 e. The van der Waals surface area contributed by atoms with Crippen molar-refractivity contribution in [3.05, 3.63) is 65.2 Å². The summed E-state index contributed by atoms with van der Waals surface area (Å²) in [5, 5.41) is 2.86. The van der Waals surface area contributed by atoms with Crippen molar-refractivity contribution in [3.8, 4) is 0 Å². The fourth-order valence-corrected chi connectivity index (χ4v) is 4.60. The van der Waals surface area contributed by atoms with Gasteiger partial charge in [-0.2, -0.15) is 0 Å². The van der Waals surface area contributed by atoms with Crippen LogP contribution < -0.4 is 5.32 Å². The van der Waals surface area contributed by atoms with E-state index in [1.54, 1.807) is 57.2 Å². The third-order valence-electron chi connectivity index (χ3n) is 5.52. The van der Waals surface area contributed by atoms with E-state index >= 15 is 0 Å². The molecule has 3 amide bonds. The second kappa shape index (κ2) is 8.84. The zero-order valence-corrected chi connectivity index (χ0v) is 19.5. The molecule has 0 spiro atoms. The molecule has 1 aliphatic rings. The fourth-order valence-electron chi connectivity index (χ4n) is 3.70. The molecule has 0 saturated heterocycles. The summed E-state index contributed by atoms with van der Waals surface area (Å²) in [6, 6.07) is 11.3. The highest BCUT2D eigenvalue weighted by Crippen LogP contribution is 2.28. The highest BCUT2D eigenvalue weighted by atomic mass is 32.2. The van der Waals surface area contributed by atoms with E-state index in [2.05, 4.69) is 5.32 Å². The van der Waals surface area contributed by atoms with Gasteiger partial charge in [-0.1, -0.05) is 38.1 Å². The van der Waals surface area contributed by atoms with Crippen LogP contribution in [0.2, 0.25) is 0 Å². The molecule has 2 aromatic rings. The first-order valence-corrected chi connectivity index (χ1v) is 11.7. The highest BCUT2D eigenvalue weighted by molar-refractivity contribution is 7.89. The molecule has 1 heterocycles. The summed E-state index contributed by atoms with van der Waals surface area (Å²) in [6.45, 7) is 5.31. The summed E-state index contributed by atoms with van der Waals surface area (Å²) in [4.78, 5) is 40.1. The highest BCUT2D eigenvalue weighted by Gasteiger charge is 2.44. The number of imide groups is 1. The van der Waals surface area contributed by atoms with E-state index < -0.39 is 39.8 Å². The number of hydrogen-bond donors (Lipinski definition) is 1. The Labute approximate surface area is 188 Å². The molecule has 0 radical (unpaired) electrons. The minimum Gasteiger partial charge on any atom is -0.348 e. The molecule has 170 valence electrons. The molecule has 32 heavy (non-hydrogen) atoms. The van der Waals surface area contributed by atoms with Crippen molar-refractivity contribution in [1.82, 2.24) is 14.5 Å². The Morgan fingerprint density at radius 1 is 0.906 bits per heavy atom. The Bertz CT molecular complexity index is 1120. The van der Waals surface area contributed by atoms with Gasteiger partial charge in [-0.05, 0) is 42.7 Å². The van der Waals surface area contributed by atoms with E-state index in [1.807, 2.05) is 0 Å². The quantitative estimate of drug-likeness (QED) is 0.643. The number of fused-ring (bicyclic) bond motifs is 1. The Kier molecular flexibility index (Phi) is 6.52. The van der Waals surface area contributed by atoms with Gasteiger partial charge in [-0.25, -0.2) is 12.7 Å². The van der Waals surface area contributed by atoms with Crippen LogP contribution in [0, 0.1) is 5.92 Å². The molecule has 1 aliphatic heterocycles. The van der Waals surface area contributed by atoms with Crippen LogP contribution in [0.15, 0.2) is 53.4 Å². The van der Waals surface area contributed by atoms with Crippen LogP contribution in [-0.2, 0) is 14.8 Å². The third-order valence-corrected chi connectivity index (χ3v) is 7.35. The van der Waals surface area contributed by atoms with Crippen molar-refractivity contribution in [2.45, 2.75) is 37.8 Å². The van der Waals surface area contributed by atoms with Gasteiger partial charge in [-0.3, -0.25) is 19.3 Å². The maximum atomic E-state index is 13.2. The number of nitrogens with one attached hydrogen (secondary N) is 1. The van der Waals surface area contributed by atoms with Crippen molar-refractivity contribution in [2.75, 3.05) is 14.1 Å². The molecule has 1 N–H and O–H groups in total. The predicted octanol–water partition coefficient (Wildman–Crippen LogP) is 2.43. The molecule has 0 bridgehead atoms. The molecule has 3 rings (SSSR count). The SMILES string of the molecule is CC(NC(=O)C(C(C)C)N1C(=O)c2ccccc2C1=O)c1ccc(S(=O)(=O)N(C)C)cc1. The minimum atomic E-state index is -3.55. The number of rotatable bonds is 7. The summed E-state index contributed by atoms with van der Waals surface area (Å²) >= 11 is 0. The largest absolute Gasteiger partial charge is 0.348 e. The van der Waals surface area contributed by atoms with Crippen molar-refractivity contribution < 1.29 is 22.8 Å². The summed E-state index contributed by atoms with van der Waals surface area (Å²) in [5.74, 6) is -1.72. The average Bonchev–Trinajstić information content (AvgIpc) is 2.99. The van der Waals surface area contributed by atoms with Crippen LogP contribution in [0.5, 0.6) is 0 Å². The first-order chi connectivity index (χ1) is 15.0. The monoisotopic (exact) mass is 457 g/mol. The average molecular weight is 458 g/mol. The van der Waals surface area contributed by atoms with Crippen LogP contribution in [0.4, 0.5) is 0 Å². The molecule has 0 aromatic heterocycles. The lowest BCUT2D eigenvalue weighted by atomic mass is 10.00. The lowest BCUT2D eigenvalue weighted by Crippen LogP contribution is -2.52. The van der Waals surface area contributed by atoms with E-state index in [9.17, 15) is 22.8 Å². The molecule has 2 atom stereocenters. The van der Waals surface area contributed by atoms with Gasteiger partial charge >= 0.3 is 0 Å². The molecular formula is C23H27N3O5S. The van der Waals surface area contributed by atoms with E-state index in [4.69, 9.17) is 0 Å². The number of nitrogens with zero attached hydrogens (tertiary/aromatic N) is 2. The zero-order valence-electron chi connectivity index (χ0n) is 18.7. The van der Waals surface area contributed by atoms with E-state index in [0.29, 0.717) is 16.7 Å². The van der Waals surface area contributed by atoms with Gasteiger partial charge in [0, 0.05) is 14.1 Å². The van der Waals surface area contributed by atoms with Gasteiger partial charge < -0.3 is 5.32 Å². The van der Waals surface area contributed by atoms with Gasteiger partial charge in [0.25, 0.3) is 11.8 Å². The Morgan fingerprint density at radius 3 is 1.84 bits per heavy atom. The maximum absolute atomic E-state index is 13.2. The Morgan fingerprint density at radius 2 is 1.41 bits per heavy atom. The van der Waals surface area contributed by atoms with Gasteiger partial charge in [0.05, 0.1) is 22.1 Å². The van der Waals surface area contributed by atoms with Crippen molar-refractivity contribution >= 4 is 27.7 Å². The second-order valence-corrected chi connectivity index (χ2v) is 10.5. The van der Waals surface area contributed by atoms with Crippen molar-refractivity contribution in [2.24, 2.45) is 5.92 Å². The molecule has 9 heteroatoms. The topological polar surface area (TPSA) is 104 Å². The fraction of sp³-hybridized carbons (Fsp3) is 0.348. The van der Waals surface area contributed by atoms with Crippen molar-refractivity contribution in [1.29, 1.82) is 0 Å². The first-order valence-electron chi connectivity index (χ1n) is 10.3. The standard InChI is InChI=1S/C23H27N3O5S/c1-14(2)20(26-22(28)18-8-6-7-9-19(18)23(26)29)21(27)24-15(3)16-10-12-17(13-11-16)32(30,31)25(4)5/h6-15,20H,1-5H3,(H,24,27). The molecule has 0 saturated carbocycles. The van der Waals surface area contributed by atoms with Crippen LogP contribution in [0.1, 0.15) is 53.1 Å². The molecule has 0 aliphatic carbocycles. The number of amides is 3. The number of benzene rings is 2. The number of sulfonamides is 1. The number of carbonyl (C=O) groups excluding carboxylic acids is 3. The van der Waals surface area contributed by atoms with E-state index in [0.717, 1.165) is 9.21 Å². The van der Waals surface area contributed by atoms with Crippen LogP contribution >= 0.6 is 0 Å². The van der Waals surface area contributed by atoms with Gasteiger partial charge in [0.2, 0.25) is 15.9 Å². The first kappa shape index (κ1) is 23.6.